The molecule has 2 unspecified atom stereocenters. The maximum absolute atomic E-state index is 6.06. The third-order valence-corrected chi connectivity index (χ3v) is 3.02. The average Bonchev–Trinajstić information content (AvgIpc) is 2.94. The zero-order valence-corrected chi connectivity index (χ0v) is 9.50. The molecule has 2 heterocycles. The number of rotatable bonds is 2. The standard InChI is InChI=1S/C14H15NO2/c1-2-5-11(6-3-1)13-9-15-10-14(17-13)12-7-4-8-16-12/h1-8,13-15H,9-10H2. The second-order valence-corrected chi connectivity index (χ2v) is 4.20. The van der Waals surface area contributed by atoms with Crippen LogP contribution in [0.2, 0.25) is 0 Å². The summed E-state index contributed by atoms with van der Waals surface area (Å²) in [6.45, 7) is 1.65. The molecule has 0 saturated carbocycles. The molecule has 1 aromatic carbocycles. The Balaban J connectivity index is 1.76. The molecule has 1 aromatic heterocycles. The van der Waals surface area contributed by atoms with Crippen LogP contribution in [0.25, 0.3) is 0 Å². The molecule has 3 heteroatoms. The van der Waals surface area contributed by atoms with Gasteiger partial charge in [0.2, 0.25) is 0 Å². The van der Waals surface area contributed by atoms with Gasteiger partial charge in [0.25, 0.3) is 0 Å². The monoisotopic (exact) mass is 229 g/mol. The zero-order chi connectivity index (χ0) is 11.5. The van der Waals surface area contributed by atoms with Crippen molar-refractivity contribution in [2.45, 2.75) is 12.2 Å². The number of hydrogen-bond donors (Lipinski definition) is 1. The van der Waals surface area contributed by atoms with Crippen LogP contribution in [0, 0.1) is 0 Å². The first kappa shape index (κ1) is 10.6. The van der Waals surface area contributed by atoms with Crippen LogP contribution < -0.4 is 5.32 Å². The average molecular weight is 229 g/mol. The lowest BCUT2D eigenvalue weighted by molar-refractivity contribution is -0.0503. The molecule has 1 aliphatic heterocycles. The van der Waals surface area contributed by atoms with E-state index >= 15 is 0 Å². The van der Waals surface area contributed by atoms with Crippen LogP contribution in [0.15, 0.2) is 53.1 Å². The van der Waals surface area contributed by atoms with Gasteiger partial charge in [0.05, 0.1) is 12.4 Å². The minimum absolute atomic E-state index is 0.00366. The summed E-state index contributed by atoms with van der Waals surface area (Å²) in [4.78, 5) is 0. The fourth-order valence-corrected chi connectivity index (χ4v) is 2.15. The lowest BCUT2D eigenvalue weighted by Crippen LogP contribution is -2.35. The smallest absolute Gasteiger partial charge is 0.133 e. The van der Waals surface area contributed by atoms with Gasteiger partial charge in [0.1, 0.15) is 11.9 Å². The summed E-state index contributed by atoms with van der Waals surface area (Å²) >= 11 is 0. The summed E-state index contributed by atoms with van der Waals surface area (Å²) in [6.07, 6.45) is 1.79. The Morgan fingerprint density at radius 3 is 2.53 bits per heavy atom. The van der Waals surface area contributed by atoms with Crippen molar-refractivity contribution in [3.05, 3.63) is 60.1 Å². The fourth-order valence-electron chi connectivity index (χ4n) is 2.15. The minimum Gasteiger partial charge on any atom is -0.467 e. The van der Waals surface area contributed by atoms with Gasteiger partial charge in [-0.25, -0.2) is 0 Å². The molecular formula is C14H15NO2. The molecule has 3 nitrogen and oxygen atoms in total. The summed E-state index contributed by atoms with van der Waals surface area (Å²) in [6, 6.07) is 14.1. The van der Waals surface area contributed by atoms with Crippen molar-refractivity contribution in [2.75, 3.05) is 13.1 Å². The van der Waals surface area contributed by atoms with E-state index in [1.165, 1.54) is 5.56 Å². The van der Waals surface area contributed by atoms with Crippen molar-refractivity contribution >= 4 is 0 Å². The molecule has 0 bridgehead atoms. The third kappa shape index (κ3) is 2.25. The largest absolute Gasteiger partial charge is 0.467 e. The Bertz CT molecular complexity index is 452. The molecule has 2 atom stereocenters. The molecule has 3 rings (SSSR count). The van der Waals surface area contributed by atoms with Crippen molar-refractivity contribution in [2.24, 2.45) is 0 Å². The number of furan rings is 1. The van der Waals surface area contributed by atoms with Crippen LogP contribution in [0.1, 0.15) is 23.5 Å². The quantitative estimate of drug-likeness (QED) is 0.859. The molecule has 0 radical (unpaired) electrons. The number of benzene rings is 1. The van der Waals surface area contributed by atoms with E-state index in [4.69, 9.17) is 9.15 Å². The highest BCUT2D eigenvalue weighted by atomic mass is 16.5. The lowest BCUT2D eigenvalue weighted by atomic mass is 10.1. The van der Waals surface area contributed by atoms with E-state index in [1.807, 2.05) is 30.3 Å². The molecule has 0 aliphatic carbocycles. The highest BCUT2D eigenvalue weighted by Gasteiger charge is 2.25. The SMILES string of the molecule is c1ccc(C2CNCC(c3ccco3)O2)cc1. The number of nitrogens with one attached hydrogen (secondary N) is 1. The van der Waals surface area contributed by atoms with E-state index in [0.717, 1.165) is 18.8 Å². The molecule has 1 saturated heterocycles. The van der Waals surface area contributed by atoms with Crippen LogP contribution in [-0.2, 0) is 4.74 Å². The molecule has 1 fully saturated rings. The summed E-state index contributed by atoms with van der Waals surface area (Å²) < 4.78 is 11.5. The molecule has 88 valence electrons. The molecular weight excluding hydrogens is 214 g/mol. The van der Waals surface area contributed by atoms with Gasteiger partial charge in [-0.2, -0.15) is 0 Å². The number of hydrogen-bond acceptors (Lipinski definition) is 3. The van der Waals surface area contributed by atoms with E-state index in [1.54, 1.807) is 6.26 Å². The second kappa shape index (κ2) is 4.73. The molecule has 2 aromatic rings. The van der Waals surface area contributed by atoms with Gasteiger partial charge in [-0.3, -0.25) is 0 Å². The van der Waals surface area contributed by atoms with Gasteiger partial charge in [-0.1, -0.05) is 30.3 Å². The summed E-state index contributed by atoms with van der Waals surface area (Å²) in [5, 5.41) is 3.39. The Morgan fingerprint density at radius 1 is 0.941 bits per heavy atom. The van der Waals surface area contributed by atoms with Crippen LogP contribution in [0.4, 0.5) is 0 Å². The zero-order valence-electron chi connectivity index (χ0n) is 9.50. The number of morpholine rings is 1. The van der Waals surface area contributed by atoms with Crippen LogP contribution in [0.3, 0.4) is 0 Å². The van der Waals surface area contributed by atoms with E-state index in [0.29, 0.717) is 0 Å². The highest BCUT2D eigenvalue weighted by Crippen LogP contribution is 2.29. The predicted octanol–water partition coefficient (Wildman–Crippen LogP) is 2.68. The van der Waals surface area contributed by atoms with Crippen molar-refractivity contribution in [3.8, 4) is 0 Å². The van der Waals surface area contributed by atoms with Crippen molar-refractivity contribution in [3.63, 3.8) is 0 Å². The first-order chi connectivity index (χ1) is 8.43. The van der Waals surface area contributed by atoms with E-state index < -0.39 is 0 Å². The minimum atomic E-state index is 0.00366. The Labute approximate surface area is 100 Å². The van der Waals surface area contributed by atoms with Crippen molar-refractivity contribution in [1.29, 1.82) is 0 Å². The predicted molar refractivity (Wildman–Crippen MR) is 64.6 cm³/mol. The third-order valence-electron chi connectivity index (χ3n) is 3.02. The van der Waals surface area contributed by atoms with Gasteiger partial charge in [0, 0.05) is 13.1 Å². The number of ether oxygens (including phenoxy) is 1. The fraction of sp³-hybridized carbons (Fsp3) is 0.286. The second-order valence-electron chi connectivity index (χ2n) is 4.20. The Kier molecular flexibility index (Phi) is 2.94. The maximum atomic E-state index is 6.06. The van der Waals surface area contributed by atoms with Crippen LogP contribution in [0.5, 0.6) is 0 Å². The normalized spacial score (nSPS) is 24.7. The highest BCUT2D eigenvalue weighted by molar-refractivity contribution is 5.19. The lowest BCUT2D eigenvalue weighted by Gasteiger charge is -2.30. The topological polar surface area (TPSA) is 34.4 Å². The Morgan fingerprint density at radius 2 is 1.76 bits per heavy atom. The molecule has 0 spiro atoms. The van der Waals surface area contributed by atoms with Crippen LogP contribution >= 0.6 is 0 Å². The van der Waals surface area contributed by atoms with Gasteiger partial charge in [0.15, 0.2) is 0 Å². The van der Waals surface area contributed by atoms with Crippen LogP contribution in [-0.4, -0.2) is 13.1 Å². The molecule has 1 aliphatic rings. The van der Waals surface area contributed by atoms with E-state index in [-0.39, 0.29) is 12.2 Å². The molecule has 0 amide bonds. The van der Waals surface area contributed by atoms with Gasteiger partial charge < -0.3 is 14.5 Å². The summed E-state index contributed by atoms with van der Waals surface area (Å²) in [7, 11) is 0. The molecule has 17 heavy (non-hydrogen) atoms. The van der Waals surface area contributed by atoms with Gasteiger partial charge >= 0.3 is 0 Å². The van der Waals surface area contributed by atoms with Gasteiger partial charge in [-0.15, -0.1) is 0 Å². The Hall–Kier alpha value is -1.58. The van der Waals surface area contributed by atoms with E-state index in [2.05, 4.69) is 17.4 Å². The van der Waals surface area contributed by atoms with Crippen molar-refractivity contribution < 1.29 is 9.15 Å². The summed E-state index contributed by atoms with van der Waals surface area (Å²) in [5.74, 6) is 0.887. The first-order valence-corrected chi connectivity index (χ1v) is 5.88. The summed E-state index contributed by atoms with van der Waals surface area (Å²) in [5.41, 5.74) is 1.20. The first-order valence-electron chi connectivity index (χ1n) is 5.88. The van der Waals surface area contributed by atoms with E-state index in [9.17, 15) is 0 Å². The van der Waals surface area contributed by atoms with Gasteiger partial charge in [-0.05, 0) is 17.7 Å². The molecule has 1 N–H and O–H groups in total. The van der Waals surface area contributed by atoms with Crippen molar-refractivity contribution in [1.82, 2.24) is 5.32 Å². The maximum Gasteiger partial charge on any atom is 0.133 e.